The van der Waals surface area contributed by atoms with Gasteiger partial charge in [-0.25, -0.2) is 4.39 Å². The first kappa shape index (κ1) is 20.2. The monoisotopic (exact) mass is 391 g/mol. The van der Waals surface area contributed by atoms with Gasteiger partial charge < -0.3 is 16.0 Å². The fraction of sp³-hybridized carbons (Fsp3) is 0.571. The predicted octanol–water partition coefficient (Wildman–Crippen LogP) is 4.06. The van der Waals surface area contributed by atoms with Crippen LogP contribution in [0.15, 0.2) is 24.3 Å². The first-order chi connectivity index (χ1) is 13.2. The first-order valence-electron chi connectivity index (χ1n) is 10.1. The third-order valence-corrected chi connectivity index (χ3v) is 6.21. The number of thiophene rings is 1. The summed E-state index contributed by atoms with van der Waals surface area (Å²) in [5.74, 6) is -0.334. The summed E-state index contributed by atoms with van der Waals surface area (Å²) in [5.41, 5.74) is 0. The zero-order chi connectivity index (χ0) is 18.9. The predicted molar refractivity (Wildman–Crippen MR) is 111 cm³/mol. The van der Waals surface area contributed by atoms with Gasteiger partial charge in [0.25, 0.3) is 5.91 Å². The molecule has 4 nitrogen and oxygen atoms in total. The van der Waals surface area contributed by atoms with Crippen molar-refractivity contribution >= 4 is 27.3 Å². The molecular weight excluding hydrogens is 361 g/mol. The van der Waals surface area contributed by atoms with E-state index < -0.39 is 0 Å². The summed E-state index contributed by atoms with van der Waals surface area (Å²) in [6.45, 7) is 3.68. The summed E-state index contributed by atoms with van der Waals surface area (Å²) in [6, 6.07) is 7.17. The lowest BCUT2D eigenvalue weighted by Crippen LogP contribution is -2.36. The molecular formula is C21H30FN3OS. The molecule has 0 unspecified atom stereocenters. The van der Waals surface area contributed by atoms with Gasteiger partial charge in [0.05, 0.1) is 4.88 Å². The van der Waals surface area contributed by atoms with Gasteiger partial charge in [-0.3, -0.25) is 4.79 Å². The van der Waals surface area contributed by atoms with E-state index in [0.29, 0.717) is 11.4 Å². The molecule has 0 bridgehead atoms. The van der Waals surface area contributed by atoms with Crippen LogP contribution in [0.25, 0.3) is 10.1 Å². The van der Waals surface area contributed by atoms with Gasteiger partial charge >= 0.3 is 0 Å². The highest BCUT2D eigenvalue weighted by Crippen LogP contribution is 2.26. The summed E-state index contributed by atoms with van der Waals surface area (Å²) in [6.07, 6.45) is 8.79. The van der Waals surface area contributed by atoms with Crippen LogP contribution in [0.2, 0.25) is 0 Å². The molecule has 1 aliphatic rings. The molecule has 0 saturated heterocycles. The Morgan fingerprint density at radius 3 is 2.70 bits per heavy atom. The van der Waals surface area contributed by atoms with Gasteiger partial charge in [0, 0.05) is 30.4 Å². The van der Waals surface area contributed by atoms with E-state index >= 15 is 0 Å². The highest BCUT2D eigenvalue weighted by atomic mass is 32.1. The Labute approximate surface area is 164 Å². The highest BCUT2D eigenvalue weighted by molar-refractivity contribution is 7.20. The Morgan fingerprint density at radius 1 is 1.04 bits per heavy atom. The lowest BCUT2D eigenvalue weighted by atomic mass is 9.95. The molecule has 1 amide bonds. The number of benzene rings is 1. The van der Waals surface area contributed by atoms with Gasteiger partial charge in [-0.15, -0.1) is 11.3 Å². The van der Waals surface area contributed by atoms with E-state index in [1.165, 1.54) is 55.6 Å². The van der Waals surface area contributed by atoms with E-state index in [0.717, 1.165) is 48.6 Å². The Kier molecular flexibility index (Phi) is 8.05. The molecule has 6 heteroatoms. The zero-order valence-corrected chi connectivity index (χ0v) is 16.7. The SMILES string of the molecule is O=C(NCCCCNCCNC1CCCCC1)c1cc2ccc(F)cc2s1. The maximum Gasteiger partial charge on any atom is 0.261 e. The quantitative estimate of drug-likeness (QED) is 0.535. The lowest BCUT2D eigenvalue weighted by Gasteiger charge is -2.22. The number of carbonyl (C=O) groups excluding carboxylic acids is 1. The van der Waals surface area contributed by atoms with Gasteiger partial charge in [0.2, 0.25) is 0 Å². The smallest absolute Gasteiger partial charge is 0.261 e. The standard InChI is InChI=1S/C21H30FN3OS/c22-17-9-8-16-14-20(27-19(16)15-17)21(26)25-11-5-4-10-23-12-13-24-18-6-2-1-3-7-18/h8-9,14-15,18,23-24H,1-7,10-13H2,(H,25,26). The van der Waals surface area contributed by atoms with E-state index in [1.54, 1.807) is 6.07 Å². The molecule has 0 radical (unpaired) electrons. The summed E-state index contributed by atoms with van der Waals surface area (Å²) in [5, 5.41) is 11.0. The van der Waals surface area contributed by atoms with E-state index in [2.05, 4.69) is 16.0 Å². The maximum absolute atomic E-state index is 13.2. The summed E-state index contributed by atoms with van der Waals surface area (Å²) in [4.78, 5) is 12.8. The fourth-order valence-electron chi connectivity index (χ4n) is 3.58. The van der Waals surface area contributed by atoms with Crippen LogP contribution in [0.1, 0.15) is 54.6 Å². The van der Waals surface area contributed by atoms with Gasteiger partial charge in [-0.2, -0.15) is 0 Å². The summed E-state index contributed by atoms with van der Waals surface area (Å²) in [7, 11) is 0. The minimum atomic E-state index is -0.266. The van der Waals surface area contributed by atoms with Crippen LogP contribution in [0, 0.1) is 5.82 Å². The van der Waals surface area contributed by atoms with E-state index in [4.69, 9.17) is 0 Å². The molecule has 0 atom stereocenters. The Morgan fingerprint density at radius 2 is 1.85 bits per heavy atom. The van der Waals surface area contributed by atoms with E-state index in [9.17, 15) is 9.18 Å². The third-order valence-electron chi connectivity index (χ3n) is 5.11. The van der Waals surface area contributed by atoms with Crippen molar-refractivity contribution in [2.24, 2.45) is 0 Å². The highest BCUT2D eigenvalue weighted by Gasteiger charge is 2.12. The minimum Gasteiger partial charge on any atom is -0.351 e. The number of carbonyl (C=O) groups is 1. The number of nitrogens with one attached hydrogen (secondary N) is 3. The topological polar surface area (TPSA) is 53.2 Å². The number of halogens is 1. The molecule has 1 fully saturated rings. The second-order valence-corrected chi connectivity index (χ2v) is 8.38. The molecule has 1 heterocycles. The number of fused-ring (bicyclic) bond motifs is 1. The van der Waals surface area contributed by atoms with Gasteiger partial charge in [-0.05, 0) is 55.8 Å². The normalized spacial score (nSPS) is 15.3. The molecule has 1 saturated carbocycles. The molecule has 27 heavy (non-hydrogen) atoms. The van der Waals surface area contributed by atoms with Crippen LogP contribution >= 0.6 is 11.3 Å². The van der Waals surface area contributed by atoms with Gasteiger partial charge in [-0.1, -0.05) is 25.3 Å². The van der Waals surface area contributed by atoms with Crippen molar-refractivity contribution in [1.82, 2.24) is 16.0 Å². The molecule has 2 aromatic rings. The molecule has 3 N–H and O–H groups in total. The zero-order valence-electron chi connectivity index (χ0n) is 15.9. The Bertz CT molecular complexity index is 727. The summed E-state index contributed by atoms with van der Waals surface area (Å²) >= 11 is 1.34. The first-order valence-corrected chi connectivity index (χ1v) is 11.0. The second kappa shape index (κ2) is 10.7. The number of unbranched alkanes of at least 4 members (excludes halogenated alkanes) is 1. The van der Waals surface area contributed by atoms with Crippen LogP contribution in [-0.4, -0.2) is 38.1 Å². The van der Waals surface area contributed by atoms with Crippen molar-refractivity contribution in [2.45, 2.75) is 51.0 Å². The third kappa shape index (κ3) is 6.55. The van der Waals surface area contributed by atoms with Crippen molar-refractivity contribution in [3.63, 3.8) is 0 Å². The number of amides is 1. The maximum atomic E-state index is 13.2. The lowest BCUT2D eigenvalue weighted by molar-refractivity contribution is 0.0957. The van der Waals surface area contributed by atoms with Gasteiger partial charge in [0.1, 0.15) is 5.82 Å². The number of rotatable bonds is 10. The molecule has 3 rings (SSSR count). The molecule has 0 aliphatic heterocycles. The number of hydrogen-bond donors (Lipinski definition) is 3. The molecule has 148 valence electrons. The van der Waals surface area contributed by atoms with Crippen molar-refractivity contribution in [3.8, 4) is 0 Å². The fourth-order valence-corrected chi connectivity index (χ4v) is 4.58. The largest absolute Gasteiger partial charge is 0.351 e. The van der Waals surface area contributed by atoms with Crippen LogP contribution in [0.5, 0.6) is 0 Å². The van der Waals surface area contributed by atoms with Crippen LogP contribution in [0.4, 0.5) is 4.39 Å². The Balaban J connectivity index is 1.22. The van der Waals surface area contributed by atoms with Crippen LogP contribution < -0.4 is 16.0 Å². The Hall–Kier alpha value is -1.50. The molecule has 1 aromatic carbocycles. The van der Waals surface area contributed by atoms with Crippen molar-refractivity contribution in [3.05, 3.63) is 35.0 Å². The van der Waals surface area contributed by atoms with Crippen LogP contribution in [0.3, 0.4) is 0 Å². The van der Waals surface area contributed by atoms with Crippen LogP contribution in [-0.2, 0) is 0 Å². The van der Waals surface area contributed by atoms with Crippen molar-refractivity contribution < 1.29 is 9.18 Å². The number of hydrogen-bond acceptors (Lipinski definition) is 4. The molecule has 1 aliphatic carbocycles. The minimum absolute atomic E-state index is 0.0683. The molecule has 0 spiro atoms. The van der Waals surface area contributed by atoms with E-state index in [1.807, 2.05) is 6.07 Å². The second-order valence-electron chi connectivity index (χ2n) is 7.29. The van der Waals surface area contributed by atoms with Gasteiger partial charge in [0.15, 0.2) is 0 Å². The average Bonchev–Trinajstić information content (AvgIpc) is 3.10. The van der Waals surface area contributed by atoms with Crippen molar-refractivity contribution in [2.75, 3.05) is 26.2 Å². The molecule has 1 aromatic heterocycles. The van der Waals surface area contributed by atoms with Crippen molar-refractivity contribution in [1.29, 1.82) is 0 Å². The summed E-state index contributed by atoms with van der Waals surface area (Å²) < 4.78 is 14.0. The average molecular weight is 392 g/mol. The van der Waals surface area contributed by atoms with E-state index in [-0.39, 0.29) is 11.7 Å².